The molecule has 1 aromatic heterocycles. The van der Waals surface area contributed by atoms with Crippen molar-refractivity contribution in [3.63, 3.8) is 0 Å². The molecule has 0 aromatic carbocycles. The van der Waals surface area contributed by atoms with Crippen LogP contribution < -0.4 is 10.5 Å². The molecule has 4 heteroatoms. The van der Waals surface area contributed by atoms with Gasteiger partial charge in [-0.3, -0.25) is 4.98 Å². The maximum absolute atomic E-state index is 5.73. The molecule has 2 N–H and O–H groups in total. The molecule has 1 aromatic rings. The maximum atomic E-state index is 5.73. The first-order valence-corrected chi connectivity index (χ1v) is 4.78. The second-order valence-corrected chi connectivity index (χ2v) is 3.26. The second kappa shape index (κ2) is 4.39. The zero-order valence-electron chi connectivity index (χ0n) is 7.98. The van der Waals surface area contributed by atoms with Crippen LogP contribution in [0.1, 0.15) is 12.1 Å². The molecule has 0 amide bonds. The summed E-state index contributed by atoms with van der Waals surface area (Å²) in [6, 6.07) is 3.75. The topological polar surface area (TPSA) is 57.4 Å². The Morgan fingerprint density at radius 2 is 2.57 bits per heavy atom. The molecule has 1 saturated heterocycles. The van der Waals surface area contributed by atoms with E-state index in [9.17, 15) is 0 Å². The van der Waals surface area contributed by atoms with Crippen molar-refractivity contribution in [2.45, 2.75) is 19.1 Å². The van der Waals surface area contributed by atoms with Gasteiger partial charge in [-0.1, -0.05) is 0 Å². The van der Waals surface area contributed by atoms with Gasteiger partial charge in [-0.25, -0.2) is 0 Å². The van der Waals surface area contributed by atoms with Crippen LogP contribution in [0.4, 0.5) is 0 Å². The van der Waals surface area contributed by atoms with Crippen LogP contribution in [-0.4, -0.2) is 24.3 Å². The summed E-state index contributed by atoms with van der Waals surface area (Å²) < 4.78 is 11.0. The van der Waals surface area contributed by atoms with Crippen LogP contribution in [0.5, 0.6) is 5.75 Å². The van der Waals surface area contributed by atoms with E-state index in [1.54, 1.807) is 6.20 Å². The highest BCUT2D eigenvalue weighted by molar-refractivity contribution is 5.26. The number of hydrogen-bond donors (Lipinski definition) is 1. The number of hydrogen-bond acceptors (Lipinski definition) is 4. The van der Waals surface area contributed by atoms with E-state index >= 15 is 0 Å². The molecule has 2 heterocycles. The fourth-order valence-corrected chi connectivity index (χ4v) is 1.47. The van der Waals surface area contributed by atoms with Gasteiger partial charge in [0.25, 0.3) is 0 Å². The van der Waals surface area contributed by atoms with Gasteiger partial charge >= 0.3 is 0 Å². The Balaban J connectivity index is 2.07. The lowest BCUT2D eigenvalue weighted by Gasteiger charge is -2.13. The normalized spacial score (nSPS) is 21.1. The smallest absolute Gasteiger partial charge is 0.142 e. The van der Waals surface area contributed by atoms with E-state index in [4.69, 9.17) is 15.2 Å². The van der Waals surface area contributed by atoms with Gasteiger partial charge in [-0.05, 0) is 12.1 Å². The molecule has 0 spiro atoms. The molecule has 1 atom stereocenters. The van der Waals surface area contributed by atoms with Crippen LogP contribution in [0.15, 0.2) is 18.3 Å². The van der Waals surface area contributed by atoms with Crippen LogP contribution in [0.25, 0.3) is 0 Å². The second-order valence-electron chi connectivity index (χ2n) is 3.26. The molecule has 0 saturated carbocycles. The van der Waals surface area contributed by atoms with Crippen LogP contribution in [0.2, 0.25) is 0 Å². The highest BCUT2D eigenvalue weighted by atomic mass is 16.5. The molecule has 14 heavy (non-hydrogen) atoms. The minimum absolute atomic E-state index is 0.157. The van der Waals surface area contributed by atoms with Crippen LogP contribution in [-0.2, 0) is 11.3 Å². The number of aromatic nitrogens is 1. The molecule has 4 nitrogen and oxygen atoms in total. The summed E-state index contributed by atoms with van der Waals surface area (Å²) in [4.78, 5) is 4.15. The van der Waals surface area contributed by atoms with E-state index in [0.717, 1.165) is 24.5 Å². The standard InChI is InChI=1S/C10H14N2O2/c11-6-9-10(2-1-4-12-9)14-8-3-5-13-7-8/h1-2,4,8H,3,5-7,11H2. The Kier molecular flexibility index (Phi) is 2.96. The third-order valence-corrected chi connectivity index (χ3v) is 2.22. The minimum Gasteiger partial charge on any atom is -0.486 e. The predicted molar refractivity (Wildman–Crippen MR) is 52.0 cm³/mol. The first-order valence-electron chi connectivity index (χ1n) is 4.78. The summed E-state index contributed by atoms with van der Waals surface area (Å²) in [5.74, 6) is 0.783. The monoisotopic (exact) mass is 194 g/mol. The van der Waals surface area contributed by atoms with Crippen molar-refractivity contribution in [2.75, 3.05) is 13.2 Å². The van der Waals surface area contributed by atoms with E-state index in [2.05, 4.69) is 4.98 Å². The number of nitrogens with zero attached hydrogens (tertiary/aromatic N) is 1. The summed E-state index contributed by atoms with van der Waals surface area (Å²) in [7, 11) is 0. The first-order chi connectivity index (χ1) is 6.90. The summed E-state index contributed by atoms with van der Waals surface area (Å²) in [6.45, 7) is 1.85. The lowest BCUT2D eigenvalue weighted by Crippen LogP contribution is -2.17. The molecule has 0 bridgehead atoms. The molecule has 1 aliphatic heterocycles. The van der Waals surface area contributed by atoms with Crippen molar-refractivity contribution < 1.29 is 9.47 Å². The van der Waals surface area contributed by atoms with E-state index in [0.29, 0.717) is 13.2 Å². The van der Waals surface area contributed by atoms with Gasteiger partial charge in [-0.2, -0.15) is 0 Å². The van der Waals surface area contributed by atoms with Crippen LogP contribution in [0, 0.1) is 0 Å². The van der Waals surface area contributed by atoms with Crippen molar-refractivity contribution >= 4 is 0 Å². The van der Waals surface area contributed by atoms with E-state index in [-0.39, 0.29) is 6.10 Å². The molecule has 76 valence electrons. The lowest BCUT2D eigenvalue weighted by molar-refractivity contribution is 0.140. The number of rotatable bonds is 3. The summed E-state index contributed by atoms with van der Waals surface area (Å²) >= 11 is 0. The Labute approximate surface area is 83.0 Å². The van der Waals surface area contributed by atoms with E-state index in [1.165, 1.54) is 0 Å². The zero-order chi connectivity index (χ0) is 9.80. The maximum Gasteiger partial charge on any atom is 0.142 e. The molecule has 0 aliphatic carbocycles. The van der Waals surface area contributed by atoms with Crippen molar-refractivity contribution in [2.24, 2.45) is 5.73 Å². The van der Waals surface area contributed by atoms with Gasteiger partial charge in [0.1, 0.15) is 11.9 Å². The minimum atomic E-state index is 0.157. The van der Waals surface area contributed by atoms with Gasteiger partial charge < -0.3 is 15.2 Å². The summed E-state index contributed by atoms with van der Waals surface area (Å²) in [5, 5.41) is 0. The molecule has 0 radical (unpaired) electrons. The van der Waals surface area contributed by atoms with Gasteiger partial charge in [0.15, 0.2) is 0 Å². The number of ether oxygens (including phenoxy) is 2. The molecule has 1 unspecified atom stereocenters. The van der Waals surface area contributed by atoms with Gasteiger partial charge in [0.2, 0.25) is 0 Å². The SMILES string of the molecule is NCc1ncccc1OC1CCOC1. The largest absolute Gasteiger partial charge is 0.486 e. The Bertz CT molecular complexity index is 298. The van der Waals surface area contributed by atoms with E-state index in [1.807, 2.05) is 12.1 Å². The molecule has 1 fully saturated rings. The third kappa shape index (κ3) is 2.02. The van der Waals surface area contributed by atoms with Crippen LogP contribution >= 0.6 is 0 Å². The Morgan fingerprint density at radius 1 is 1.64 bits per heavy atom. The molecule has 2 rings (SSSR count). The van der Waals surface area contributed by atoms with E-state index < -0.39 is 0 Å². The summed E-state index contributed by atoms with van der Waals surface area (Å²) in [5.41, 5.74) is 6.36. The van der Waals surface area contributed by atoms with Gasteiger partial charge in [0.05, 0.1) is 18.9 Å². The zero-order valence-corrected chi connectivity index (χ0v) is 7.98. The predicted octanol–water partition coefficient (Wildman–Crippen LogP) is 0.708. The lowest BCUT2D eigenvalue weighted by atomic mass is 10.3. The van der Waals surface area contributed by atoms with Crippen molar-refractivity contribution in [3.8, 4) is 5.75 Å². The molecular weight excluding hydrogens is 180 g/mol. The first kappa shape index (κ1) is 9.43. The van der Waals surface area contributed by atoms with Crippen molar-refractivity contribution in [1.82, 2.24) is 4.98 Å². The van der Waals surface area contributed by atoms with Crippen molar-refractivity contribution in [1.29, 1.82) is 0 Å². The van der Waals surface area contributed by atoms with Gasteiger partial charge in [-0.15, -0.1) is 0 Å². The quantitative estimate of drug-likeness (QED) is 0.769. The fourth-order valence-electron chi connectivity index (χ4n) is 1.47. The fraction of sp³-hybridized carbons (Fsp3) is 0.500. The van der Waals surface area contributed by atoms with Crippen LogP contribution in [0.3, 0.4) is 0 Å². The highest BCUT2D eigenvalue weighted by Gasteiger charge is 2.18. The summed E-state index contributed by atoms with van der Waals surface area (Å²) in [6.07, 6.45) is 2.82. The average Bonchev–Trinajstić information content (AvgIpc) is 2.71. The van der Waals surface area contributed by atoms with Crippen molar-refractivity contribution in [3.05, 3.63) is 24.0 Å². The highest BCUT2D eigenvalue weighted by Crippen LogP contribution is 2.19. The number of pyridine rings is 1. The Morgan fingerprint density at radius 3 is 3.29 bits per heavy atom. The number of nitrogens with two attached hydrogens (primary N) is 1. The molecule has 1 aliphatic rings. The Hall–Kier alpha value is -1.13. The molecular formula is C10H14N2O2. The third-order valence-electron chi connectivity index (χ3n) is 2.22. The average molecular weight is 194 g/mol. The van der Waals surface area contributed by atoms with Gasteiger partial charge in [0, 0.05) is 19.2 Å².